The van der Waals surface area contributed by atoms with Crippen molar-refractivity contribution in [2.45, 2.75) is 44.6 Å². The van der Waals surface area contributed by atoms with Crippen LogP contribution in [0.25, 0.3) is 0 Å². The van der Waals surface area contributed by atoms with Gasteiger partial charge >= 0.3 is 5.97 Å². The van der Waals surface area contributed by atoms with Crippen molar-refractivity contribution in [1.82, 2.24) is 0 Å². The highest BCUT2D eigenvalue weighted by Gasteiger charge is 2.31. The van der Waals surface area contributed by atoms with E-state index in [1.54, 1.807) is 26.2 Å². The van der Waals surface area contributed by atoms with Gasteiger partial charge in [-0.15, -0.1) is 0 Å². The molecule has 132 valence electrons. The predicted octanol–water partition coefficient (Wildman–Crippen LogP) is 3.50. The Labute approximate surface area is 148 Å². The topological polar surface area (TPSA) is 85.3 Å². The summed E-state index contributed by atoms with van der Waals surface area (Å²) < 4.78 is 10.1. The summed E-state index contributed by atoms with van der Waals surface area (Å²) >= 11 is 6.23. The second kappa shape index (κ2) is 9.63. The lowest BCUT2D eigenvalue weighted by Crippen LogP contribution is -2.26. The summed E-state index contributed by atoms with van der Waals surface area (Å²) in [6.45, 7) is 4.49. The fraction of sp³-hybridized carbons (Fsp3) is 0.556. The number of esters is 1. The van der Waals surface area contributed by atoms with E-state index in [1.165, 1.54) is 0 Å². The van der Waals surface area contributed by atoms with Gasteiger partial charge in [-0.05, 0) is 43.0 Å². The zero-order chi connectivity index (χ0) is 18.2. The highest BCUT2D eigenvalue weighted by Crippen LogP contribution is 2.35. The van der Waals surface area contributed by atoms with E-state index in [0.717, 1.165) is 11.1 Å². The molecule has 1 aromatic rings. The highest BCUT2D eigenvalue weighted by atomic mass is 35.5. The molecule has 5 nitrogen and oxygen atoms in total. The summed E-state index contributed by atoms with van der Waals surface area (Å²) in [6.07, 6.45) is 1.25. The van der Waals surface area contributed by atoms with Crippen molar-refractivity contribution in [3.8, 4) is 6.07 Å². The monoisotopic (exact) mass is 352 g/mol. The number of carbonyl (C=O) groups is 1. The molecular formula is C18H25ClN2O3. The number of rotatable bonds is 9. The Morgan fingerprint density at radius 1 is 1.42 bits per heavy atom. The summed E-state index contributed by atoms with van der Waals surface area (Å²) in [4.78, 5) is 11.6. The molecule has 6 heteroatoms. The first-order chi connectivity index (χ1) is 11.4. The van der Waals surface area contributed by atoms with Gasteiger partial charge in [-0.1, -0.05) is 24.6 Å². The van der Waals surface area contributed by atoms with Gasteiger partial charge in [0.25, 0.3) is 0 Å². The maximum atomic E-state index is 11.6. The Balaban J connectivity index is 3.15. The Bertz CT molecular complexity index is 600. The standard InChI is InChI=1S/C18H25ClN2O3/c1-4-18(12-20,6-7-23-3)14-8-13(9-15(19)10-14)16(21)11-17(22)24-5-2/h8-10,16H,4-7,11,21H2,1-3H3. The maximum Gasteiger partial charge on any atom is 0.307 e. The quantitative estimate of drug-likeness (QED) is 0.687. The van der Waals surface area contributed by atoms with Crippen LogP contribution >= 0.6 is 11.6 Å². The van der Waals surface area contributed by atoms with Gasteiger partial charge in [0, 0.05) is 24.8 Å². The average molecular weight is 353 g/mol. The van der Waals surface area contributed by atoms with Gasteiger partial charge in [-0.25, -0.2) is 0 Å². The fourth-order valence-electron chi connectivity index (χ4n) is 2.62. The first-order valence-electron chi connectivity index (χ1n) is 8.04. The molecule has 1 aromatic carbocycles. The van der Waals surface area contributed by atoms with Crippen LogP contribution in [0, 0.1) is 11.3 Å². The van der Waals surface area contributed by atoms with Gasteiger partial charge < -0.3 is 15.2 Å². The van der Waals surface area contributed by atoms with Gasteiger partial charge in [0.2, 0.25) is 0 Å². The van der Waals surface area contributed by atoms with E-state index in [2.05, 4.69) is 6.07 Å². The molecule has 0 radical (unpaired) electrons. The summed E-state index contributed by atoms with van der Waals surface area (Å²) in [6, 6.07) is 7.24. The molecule has 0 saturated heterocycles. The zero-order valence-electron chi connectivity index (χ0n) is 14.5. The fourth-order valence-corrected chi connectivity index (χ4v) is 2.86. The number of methoxy groups -OCH3 is 1. The molecule has 0 aliphatic carbocycles. The lowest BCUT2D eigenvalue weighted by molar-refractivity contribution is -0.143. The van der Waals surface area contributed by atoms with E-state index < -0.39 is 11.5 Å². The van der Waals surface area contributed by atoms with Crippen molar-refractivity contribution >= 4 is 17.6 Å². The van der Waals surface area contributed by atoms with E-state index >= 15 is 0 Å². The van der Waals surface area contributed by atoms with Crippen molar-refractivity contribution in [1.29, 1.82) is 5.26 Å². The minimum Gasteiger partial charge on any atom is -0.466 e. The summed E-state index contributed by atoms with van der Waals surface area (Å²) in [7, 11) is 1.61. The number of hydrogen-bond acceptors (Lipinski definition) is 5. The number of nitrogens with two attached hydrogens (primary N) is 1. The molecule has 0 spiro atoms. The van der Waals surface area contributed by atoms with E-state index in [4.69, 9.17) is 26.8 Å². The van der Waals surface area contributed by atoms with E-state index in [0.29, 0.717) is 31.1 Å². The normalized spacial score (nSPS) is 14.5. The smallest absolute Gasteiger partial charge is 0.307 e. The predicted molar refractivity (Wildman–Crippen MR) is 93.7 cm³/mol. The number of nitrogens with zero attached hydrogens (tertiary/aromatic N) is 1. The first-order valence-corrected chi connectivity index (χ1v) is 8.42. The Morgan fingerprint density at radius 3 is 2.67 bits per heavy atom. The average Bonchev–Trinajstić information content (AvgIpc) is 2.56. The molecule has 2 N–H and O–H groups in total. The van der Waals surface area contributed by atoms with Gasteiger partial charge in [-0.3, -0.25) is 4.79 Å². The van der Waals surface area contributed by atoms with E-state index in [1.807, 2.05) is 13.0 Å². The molecule has 0 aliphatic rings. The maximum absolute atomic E-state index is 11.6. The Morgan fingerprint density at radius 2 is 2.12 bits per heavy atom. The first kappa shape index (κ1) is 20.4. The molecule has 0 aromatic heterocycles. The molecule has 0 aliphatic heterocycles. The molecular weight excluding hydrogens is 328 g/mol. The number of carbonyl (C=O) groups excluding carboxylic acids is 1. The largest absolute Gasteiger partial charge is 0.466 e. The number of benzene rings is 1. The van der Waals surface area contributed by atoms with E-state index in [-0.39, 0.29) is 12.4 Å². The van der Waals surface area contributed by atoms with Crippen molar-refractivity contribution in [3.63, 3.8) is 0 Å². The minimum atomic E-state index is -0.695. The lowest BCUT2D eigenvalue weighted by Gasteiger charge is -2.27. The third kappa shape index (κ3) is 5.20. The third-order valence-corrected chi connectivity index (χ3v) is 4.36. The number of ether oxygens (including phenoxy) is 2. The van der Waals surface area contributed by atoms with Gasteiger partial charge in [-0.2, -0.15) is 5.26 Å². The Kier molecular flexibility index (Phi) is 8.20. The van der Waals surface area contributed by atoms with Crippen molar-refractivity contribution in [3.05, 3.63) is 34.3 Å². The van der Waals surface area contributed by atoms with Crippen molar-refractivity contribution in [2.75, 3.05) is 20.3 Å². The number of halogens is 1. The number of hydrogen-bond donors (Lipinski definition) is 1. The SMILES string of the molecule is CCOC(=O)CC(N)c1cc(Cl)cc(C(C#N)(CC)CCOC)c1. The van der Waals surface area contributed by atoms with Gasteiger partial charge in [0.05, 0.1) is 24.5 Å². The van der Waals surface area contributed by atoms with Crippen LogP contribution in [-0.4, -0.2) is 26.3 Å². The van der Waals surface area contributed by atoms with Crippen LogP contribution in [0.5, 0.6) is 0 Å². The van der Waals surface area contributed by atoms with Crippen LogP contribution in [0.2, 0.25) is 5.02 Å². The summed E-state index contributed by atoms with van der Waals surface area (Å²) in [5.41, 5.74) is 6.94. The molecule has 0 saturated carbocycles. The summed E-state index contributed by atoms with van der Waals surface area (Å²) in [5, 5.41) is 10.2. The molecule has 2 atom stereocenters. The minimum absolute atomic E-state index is 0.0668. The van der Waals surface area contributed by atoms with Crippen molar-refractivity contribution < 1.29 is 14.3 Å². The molecule has 24 heavy (non-hydrogen) atoms. The molecule has 0 fully saturated rings. The van der Waals surface area contributed by atoms with Crippen LogP contribution < -0.4 is 5.73 Å². The van der Waals surface area contributed by atoms with Crippen molar-refractivity contribution in [2.24, 2.45) is 5.73 Å². The van der Waals surface area contributed by atoms with Crippen LogP contribution in [0.15, 0.2) is 18.2 Å². The van der Waals surface area contributed by atoms with Crippen LogP contribution in [0.1, 0.15) is 50.3 Å². The molecule has 1 rings (SSSR count). The summed E-state index contributed by atoms with van der Waals surface area (Å²) in [5.74, 6) is -0.354. The van der Waals surface area contributed by atoms with Crippen LogP contribution in [0.4, 0.5) is 0 Å². The van der Waals surface area contributed by atoms with Crippen LogP contribution in [0.3, 0.4) is 0 Å². The second-order valence-corrected chi connectivity index (χ2v) is 6.12. The van der Waals surface area contributed by atoms with Gasteiger partial charge in [0.15, 0.2) is 0 Å². The molecule has 0 amide bonds. The third-order valence-electron chi connectivity index (χ3n) is 4.14. The zero-order valence-corrected chi connectivity index (χ0v) is 15.2. The molecule has 0 bridgehead atoms. The molecule has 2 unspecified atom stereocenters. The number of nitriles is 1. The van der Waals surface area contributed by atoms with E-state index in [9.17, 15) is 10.1 Å². The highest BCUT2D eigenvalue weighted by molar-refractivity contribution is 6.30. The Hall–Kier alpha value is -1.61. The molecule has 0 heterocycles. The second-order valence-electron chi connectivity index (χ2n) is 5.68. The van der Waals surface area contributed by atoms with Gasteiger partial charge in [0.1, 0.15) is 0 Å². The van der Waals surface area contributed by atoms with Crippen LogP contribution in [-0.2, 0) is 19.7 Å². The lowest BCUT2D eigenvalue weighted by atomic mass is 9.76.